The van der Waals surface area contributed by atoms with E-state index in [1.54, 1.807) is 11.8 Å². The molecule has 0 saturated carbocycles. The number of fused-ring (bicyclic) bond motifs is 4. The number of carbonyl (C=O) groups excluding carboxylic acids is 1. The Morgan fingerprint density at radius 1 is 1.14 bits per heavy atom. The highest BCUT2D eigenvalue weighted by Gasteiger charge is 2.30. The average molecular weight is 499 g/mol. The number of aliphatic hydroxyl groups excluding tert-OH is 1. The zero-order valence-electron chi connectivity index (χ0n) is 21.0. The van der Waals surface area contributed by atoms with Crippen molar-refractivity contribution in [3.05, 3.63) is 35.0 Å². The smallest absolute Gasteiger partial charge is 0.347 e. The van der Waals surface area contributed by atoms with E-state index in [1.165, 1.54) is 7.11 Å². The van der Waals surface area contributed by atoms with E-state index in [4.69, 9.17) is 19.2 Å². The van der Waals surface area contributed by atoms with Crippen molar-refractivity contribution >= 4 is 28.6 Å². The van der Waals surface area contributed by atoms with Gasteiger partial charge in [-0.3, -0.25) is 0 Å². The van der Waals surface area contributed by atoms with Crippen LogP contribution in [0.15, 0.2) is 23.1 Å². The fourth-order valence-corrected chi connectivity index (χ4v) is 5.39. The predicted molar refractivity (Wildman–Crippen MR) is 139 cm³/mol. The van der Waals surface area contributed by atoms with Crippen molar-refractivity contribution in [2.24, 2.45) is 7.05 Å². The van der Waals surface area contributed by atoms with Crippen molar-refractivity contribution in [2.45, 2.75) is 57.5 Å². The van der Waals surface area contributed by atoms with Crippen LogP contribution in [0.5, 0.6) is 11.6 Å². The fraction of sp³-hybridized carbons (Fsp3) is 0.481. The van der Waals surface area contributed by atoms with Crippen molar-refractivity contribution in [3.8, 4) is 22.9 Å². The highest BCUT2D eigenvalue weighted by molar-refractivity contribution is 7.99. The summed E-state index contributed by atoms with van der Waals surface area (Å²) in [6, 6.07) is 6.29. The summed E-state index contributed by atoms with van der Waals surface area (Å²) in [4.78, 5) is 19.0. The number of nitrogens with zero attached hydrogens (tertiary/aromatic N) is 2. The lowest BCUT2D eigenvalue weighted by molar-refractivity contribution is 0.0589. The summed E-state index contributed by atoms with van der Waals surface area (Å²) in [7, 11) is 3.34. The van der Waals surface area contributed by atoms with Gasteiger partial charge in [-0.05, 0) is 37.5 Å². The minimum Gasteiger partial charge on any atom is -0.492 e. The topological polar surface area (TPSA) is 82.8 Å². The van der Waals surface area contributed by atoms with Crippen LogP contribution < -0.4 is 9.47 Å². The summed E-state index contributed by atoms with van der Waals surface area (Å²) in [5.41, 5.74) is 4.87. The molecule has 3 aromatic rings. The Kier molecular flexibility index (Phi) is 8.23. The van der Waals surface area contributed by atoms with Crippen LogP contribution in [0.2, 0.25) is 0 Å². The van der Waals surface area contributed by atoms with Crippen molar-refractivity contribution in [2.75, 3.05) is 26.1 Å². The van der Waals surface area contributed by atoms with Crippen molar-refractivity contribution in [1.82, 2.24) is 9.55 Å². The maximum atomic E-state index is 12.9. The molecule has 0 fully saturated rings. The molecular weight excluding hydrogens is 464 g/mol. The van der Waals surface area contributed by atoms with Gasteiger partial charge in [0.1, 0.15) is 5.75 Å². The second-order valence-corrected chi connectivity index (χ2v) is 9.84. The standard InChI is InChI=1S/C27H34N2O5S/c1-5-7-10-33-25-19-9-12-35-22-15-21-17(13-18(16-30)29(21)3)14-20(22)24(19)28-26(34-11-8-6-2)23(25)27(31)32-4/h13-15,30H,5-12,16H2,1-4H3. The number of pyridine rings is 1. The maximum Gasteiger partial charge on any atom is 0.347 e. The number of unbranched alkanes of at least 4 members (excludes halogenated alkanes) is 2. The van der Waals surface area contributed by atoms with Gasteiger partial charge >= 0.3 is 5.97 Å². The molecule has 0 atom stereocenters. The summed E-state index contributed by atoms with van der Waals surface area (Å²) in [6.07, 6.45) is 4.40. The fourth-order valence-electron chi connectivity index (χ4n) is 4.35. The molecule has 0 saturated heterocycles. The molecule has 35 heavy (non-hydrogen) atoms. The minimum absolute atomic E-state index is 0.0227. The van der Waals surface area contributed by atoms with Crippen LogP contribution in [-0.4, -0.2) is 46.7 Å². The van der Waals surface area contributed by atoms with Crippen LogP contribution in [0, 0.1) is 0 Å². The molecular formula is C27H34N2O5S. The van der Waals surface area contributed by atoms with Crippen molar-refractivity contribution in [3.63, 3.8) is 0 Å². The van der Waals surface area contributed by atoms with E-state index in [9.17, 15) is 9.90 Å². The Balaban J connectivity index is 1.95. The van der Waals surface area contributed by atoms with Crippen LogP contribution in [0.25, 0.3) is 22.2 Å². The quantitative estimate of drug-likeness (QED) is 0.291. The number of carbonyl (C=O) groups is 1. The number of methoxy groups -OCH3 is 1. The van der Waals surface area contributed by atoms with Crippen molar-refractivity contribution in [1.29, 1.82) is 0 Å². The zero-order valence-corrected chi connectivity index (χ0v) is 21.8. The Labute approximate surface area is 210 Å². The van der Waals surface area contributed by atoms with Gasteiger partial charge in [-0.2, -0.15) is 0 Å². The van der Waals surface area contributed by atoms with Crippen molar-refractivity contribution < 1.29 is 24.1 Å². The highest BCUT2D eigenvalue weighted by atomic mass is 32.2. The maximum absolute atomic E-state index is 12.9. The van der Waals surface area contributed by atoms with Gasteiger partial charge in [0.2, 0.25) is 5.88 Å². The average Bonchev–Trinajstić information content (AvgIpc) is 3.06. The molecule has 1 aliphatic rings. The molecule has 1 N–H and O–H groups in total. The molecule has 0 spiro atoms. The third-order valence-corrected chi connectivity index (χ3v) is 7.41. The van der Waals surface area contributed by atoms with Gasteiger partial charge in [-0.25, -0.2) is 9.78 Å². The lowest BCUT2D eigenvalue weighted by Crippen LogP contribution is -2.15. The monoisotopic (exact) mass is 498 g/mol. The molecule has 8 heteroatoms. The number of thioether (sulfide) groups is 1. The number of aromatic nitrogens is 2. The molecule has 0 amide bonds. The zero-order chi connectivity index (χ0) is 24.9. The first-order valence-corrected chi connectivity index (χ1v) is 13.3. The van der Waals surface area contributed by atoms with E-state index in [-0.39, 0.29) is 18.1 Å². The Morgan fingerprint density at radius 3 is 2.57 bits per heavy atom. The molecule has 2 aromatic heterocycles. The third-order valence-electron chi connectivity index (χ3n) is 6.35. The van der Waals surface area contributed by atoms with E-state index in [0.717, 1.165) is 69.7 Å². The van der Waals surface area contributed by atoms with Crippen LogP contribution >= 0.6 is 11.8 Å². The molecule has 0 unspecified atom stereocenters. The van der Waals surface area contributed by atoms with Gasteiger partial charge in [0, 0.05) is 45.4 Å². The van der Waals surface area contributed by atoms with E-state index in [1.807, 2.05) is 17.7 Å². The van der Waals surface area contributed by atoms with Gasteiger partial charge in [-0.1, -0.05) is 26.7 Å². The van der Waals surface area contributed by atoms with Gasteiger partial charge in [0.15, 0.2) is 5.56 Å². The molecule has 7 nitrogen and oxygen atoms in total. The van der Waals surface area contributed by atoms with Gasteiger partial charge < -0.3 is 23.9 Å². The molecule has 188 valence electrons. The molecule has 3 heterocycles. The Morgan fingerprint density at radius 2 is 1.89 bits per heavy atom. The number of esters is 1. The minimum atomic E-state index is -0.499. The molecule has 1 aromatic carbocycles. The molecule has 0 radical (unpaired) electrons. The highest BCUT2D eigenvalue weighted by Crippen LogP contribution is 2.45. The first-order chi connectivity index (χ1) is 17.0. The Bertz CT molecular complexity index is 1220. The number of rotatable bonds is 10. The normalized spacial score (nSPS) is 12.7. The van der Waals surface area contributed by atoms with E-state index < -0.39 is 5.97 Å². The molecule has 0 bridgehead atoms. The lowest BCUT2D eigenvalue weighted by Gasteiger charge is -2.20. The van der Waals surface area contributed by atoms with Crippen LogP contribution in [0.3, 0.4) is 0 Å². The van der Waals surface area contributed by atoms with E-state index in [2.05, 4.69) is 26.0 Å². The van der Waals surface area contributed by atoms with Gasteiger partial charge in [0.05, 0.1) is 32.6 Å². The summed E-state index contributed by atoms with van der Waals surface area (Å²) in [5.74, 6) is 1.12. The number of aliphatic hydroxyl groups is 1. The second kappa shape index (κ2) is 11.4. The molecule has 0 aliphatic carbocycles. The summed E-state index contributed by atoms with van der Waals surface area (Å²) in [6.45, 7) is 5.14. The number of hydrogen-bond acceptors (Lipinski definition) is 7. The lowest BCUT2D eigenvalue weighted by atomic mass is 9.99. The van der Waals surface area contributed by atoms with E-state index in [0.29, 0.717) is 25.4 Å². The van der Waals surface area contributed by atoms with Crippen LogP contribution in [-0.2, 0) is 24.8 Å². The van der Waals surface area contributed by atoms with Gasteiger partial charge in [0.25, 0.3) is 0 Å². The van der Waals surface area contributed by atoms with E-state index >= 15 is 0 Å². The summed E-state index contributed by atoms with van der Waals surface area (Å²) in [5, 5.41) is 10.8. The van der Waals surface area contributed by atoms with Crippen LogP contribution in [0.1, 0.15) is 61.1 Å². The summed E-state index contributed by atoms with van der Waals surface area (Å²) >= 11 is 1.76. The van der Waals surface area contributed by atoms with Gasteiger partial charge in [-0.15, -0.1) is 11.8 Å². The number of hydrogen-bond donors (Lipinski definition) is 1. The number of ether oxygens (including phenoxy) is 3. The summed E-state index contributed by atoms with van der Waals surface area (Å²) < 4.78 is 19.5. The molecule has 1 aliphatic heterocycles. The second-order valence-electron chi connectivity index (χ2n) is 8.70. The number of aryl methyl sites for hydroxylation is 1. The SMILES string of the molecule is CCCCOc1nc2c(c(OCCCC)c1C(=O)OC)CCSc1cc3c(cc1-2)cc(CO)n3C. The first kappa shape index (κ1) is 25.4. The largest absolute Gasteiger partial charge is 0.492 e. The Hall–Kier alpha value is -2.71. The predicted octanol–water partition coefficient (Wildman–Crippen LogP) is 5.53. The first-order valence-electron chi connectivity index (χ1n) is 12.3. The molecule has 4 rings (SSSR count). The number of benzene rings is 1. The van der Waals surface area contributed by atoms with Crippen LogP contribution in [0.4, 0.5) is 0 Å². The third kappa shape index (κ3) is 5.00.